The number of aromatic nitrogens is 2. The lowest BCUT2D eigenvalue weighted by Crippen LogP contribution is -1.93. The Labute approximate surface area is 115 Å². The van der Waals surface area contributed by atoms with E-state index in [0.29, 0.717) is 0 Å². The molecule has 2 heteroatoms. The zero-order chi connectivity index (χ0) is 13.7. The minimum Gasteiger partial charge on any atom is -0.327 e. The SMILES string of the molecule is CC(C)=CCC/C(C)=C/Cn1cnc2ccccc21. The van der Waals surface area contributed by atoms with Crippen LogP contribution in [-0.2, 0) is 6.54 Å². The van der Waals surface area contributed by atoms with Gasteiger partial charge in [-0.15, -0.1) is 0 Å². The Kier molecular flexibility index (Phi) is 4.56. The smallest absolute Gasteiger partial charge is 0.0961 e. The van der Waals surface area contributed by atoms with Crippen LogP contribution in [0.5, 0.6) is 0 Å². The highest BCUT2D eigenvalue weighted by molar-refractivity contribution is 5.74. The van der Waals surface area contributed by atoms with Crippen molar-refractivity contribution in [3.8, 4) is 0 Å². The highest BCUT2D eigenvalue weighted by Gasteiger charge is 1.99. The first kappa shape index (κ1) is 13.6. The average Bonchev–Trinajstić information content (AvgIpc) is 2.79. The van der Waals surface area contributed by atoms with E-state index < -0.39 is 0 Å². The van der Waals surface area contributed by atoms with Gasteiger partial charge in [0.2, 0.25) is 0 Å². The third-order valence-electron chi connectivity index (χ3n) is 3.26. The van der Waals surface area contributed by atoms with Crippen molar-refractivity contribution in [1.29, 1.82) is 0 Å². The second kappa shape index (κ2) is 6.37. The summed E-state index contributed by atoms with van der Waals surface area (Å²) in [5.41, 5.74) is 5.11. The largest absolute Gasteiger partial charge is 0.327 e. The Morgan fingerprint density at radius 2 is 1.95 bits per heavy atom. The zero-order valence-electron chi connectivity index (χ0n) is 12.1. The fourth-order valence-corrected chi connectivity index (χ4v) is 2.10. The first-order chi connectivity index (χ1) is 9.16. The van der Waals surface area contributed by atoms with Crippen molar-refractivity contribution >= 4 is 11.0 Å². The van der Waals surface area contributed by atoms with Gasteiger partial charge in [0.1, 0.15) is 0 Å². The van der Waals surface area contributed by atoms with E-state index in [9.17, 15) is 0 Å². The summed E-state index contributed by atoms with van der Waals surface area (Å²) >= 11 is 0. The minimum absolute atomic E-state index is 0.904. The van der Waals surface area contributed by atoms with Crippen molar-refractivity contribution in [3.05, 3.63) is 53.9 Å². The standard InChI is InChI=1S/C17H22N2/c1-14(2)7-6-8-15(3)11-12-19-13-18-16-9-4-5-10-17(16)19/h4-5,7,9-11,13H,6,8,12H2,1-3H3/b15-11+. The summed E-state index contributed by atoms with van der Waals surface area (Å²) < 4.78 is 2.19. The molecule has 0 aliphatic rings. The molecular weight excluding hydrogens is 232 g/mol. The first-order valence-corrected chi connectivity index (χ1v) is 6.85. The highest BCUT2D eigenvalue weighted by atomic mass is 15.0. The zero-order valence-corrected chi connectivity index (χ0v) is 12.1. The number of hydrogen-bond acceptors (Lipinski definition) is 1. The molecular formula is C17H22N2. The third kappa shape index (κ3) is 3.82. The van der Waals surface area contributed by atoms with E-state index in [1.54, 1.807) is 0 Å². The van der Waals surface area contributed by atoms with Crippen LogP contribution >= 0.6 is 0 Å². The second-order valence-corrected chi connectivity index (χ2v) is 5.26. The Morgan fingerprint density at radius 3 is 2.74 bits per heavy atom. The van der Waals surface area contributed by atoms with Gasteiger partial charge < -0.3 is 4.57 Å². The van der Waals surface area contributed by atoms with Gasteiger partial charge in [-0.25, -0.2) is 4.98 Å². The fourth-order valence-electron chi connectivity index (χ4n) is 2.10. The monoisotopic (exact) mass is 254 g/mol. The molecule has 0 spiro atoms. The van der Waals surface area contributed by atoms with E-state index in [2.05, 4.69) is 60.7 Å². The minimum atomic E-state index is 0.904. The quantitative estimate of drug-likeness (QED) is 0.705. The van der Waals surface area contributed by atoms with Gasteiger partial charge in [-0.1, -0.05) is 35.4 Å². The van der Waals surface area contributed by atoms with Crippen LogP contribution in [0.2, 0.25) is 0 Å². The van der Waals surface area contributed by atoms with Gasteiger partial charge in [0.05, 0.1) is 17.4 Å². The maximum absolute atomic E-state index is 4.41. The molecule has 0 atom stereocenters. The highest BCUT2D eigenvalue weighted by Crippen LogP contribution is 2.13. The van der Waals surface area contributed by atoms with Gasteiger partial charge in [0.25, 0.3) is 0 Å². The van der Waals surface area contributed by atoms with E-state index in [4.69, 9.17) is 0 Å². The molecule has 2 nitrogen and oxygen atoms in total. The van der Waals surface area contributed by atoms with Gasteiger partial charge in [-0.2, -0.15) is 0 Å². The second-order valence-electron chi connectivity index (χ2n) is 5.26. The number of fused-ring (bicyclic) bond motifs is 1. The Hall–Kier alpha value is -1.83. The number of imidazole rings is 1. The molecule has 1 aromatic heterocycles. The summed E-state index contributed by atoms with van der Waals surface area (Å²) in [6, 6.07) is 8.26. The van der Waals surface area contributed by atoms with Gasteiger partial charge in [0, 0.05) is 6.54 Å². The molecule has 100 valence electrons. The van der Waals surface area contributed by atoms with Crippen molar-refractivity contribution in [1.82, 2.24) is 9.55 Å². The number of nitrogens with zero attached hydrogens (tertiary/aromatic N) is 2. The van der Waals surface area contributed by atoms with Crippen LogP contribution < -0.4 is 0 Å². The molecule has 1 heterocycles. The molecule has 1 aromatic carbocycles. The Balaban J connectivity index is 1.99. The van der Waals surface area contributed by atoms with Crippen LogP contribution in [0.1, 0.15) is 33.6 Å². The summed E-state index contributed by atoms with van der Waals surface area (Å²) in [5, 5.41) is 0. The summed E-state index contributed by atoms with van der Waals surface area (Å²) in [6.45, 7) is 7.41. The molecule has 19 heavy (non-hydrogen) atoms. The molecule has 2 rings (SSSR count). The van der Waals surface area contributed by atoms with Crippen molar-refractivity contribution in [2.45, 2.75) is 40.2 Å². The van der Waals surface area contributed by atoms with Crippen molar-refractivity contribution < 1.29 is 0 Å². The Bertz CT molecular complexity index is 599. The molecule has 0 aliphatic carbocycles. The number of para-hydroxylation sites is 2. The fraction of sp³-hybridized carbons (Fsp3) is 0.353. The maximum Gasteiger partial charge on any atom is 0.0961 e. The number of hydrogen-bond donors (Lipinski definition) is 0. The topological polar surface area (TPSA) is 17.8 Å². The average molecular weight is 254 g/mol. The van der Waals surface area contributed by atoms with E-state index in [1.165, 1.54) is 16.7 Å². The van der Waals surface area contributed by atoms with Crippen LogP contribution in [0, 0.1) is 0 Å². The summed E-state index contributed by atoms with van der Waals surface area (Å²) in [5.74, 6) is 0. The summed E-state index contributed by atoms with van der Waals surface area (Å²) in [6.07, 6.45) is 8.79. The third-order valence-corrected chi connectivity index (χ3v) is 3.26. The van der Waals surface area contributed by atoms with E-state index in [1.807, 2.05) is 12.4 Å². The lowest BCUT2D eigenvalue weighted by atomic mass is 10.1. The van der Waals surface area contributed by atoms with E-state index >= 15 is 0 Å². The molecule has 0 bridgehead atoms. The molecule has 0 amide bonds. The van der Waals surface area contributed by atoms with Gasteiger partial charge in [-0.3, -0.25) is 0 Å². The maximum atomic E-state index is 4.41. The lowest BCUT2D eigenvalue weighted by Gasteiger charge is -2.02. The predicted molar refractivity (Wildman–Crippen MR) is 82.2 cm³/mol. The lowest BCUT2D eigenvalue weighted by molar-refractivity contribution is 0.830. The van der Waals surface area contributed by atoms with Gasteiger partial charge >= 0.3 is 0 Å². The summed E-state index contributed by atoms with van der Waals surface area (Å²) in [4.78, 5) is 4.41. The molecule has 2 aromatic rings. The van der Waals surface area contributed by atoms with Crippen LogP contribution in [0.4, 0.5) is 0 Å². The number of benzene rings is 1. The van der Waals surface area contributed by atoms with Crippen molar-refractivity contribution in [2.24, 2.45) is 0 Å². The van der Waals surface area contributed by atoms with Crippen LogP contribution in [0.15, 0.2) is 53.9 Å². The van der Waals surface area contributed by atoms with Gasteiger partial charge in [-0.05, 0) is 45.7 Å². The first-order valence-electron chi connectivity index (χ1n) is 6.85. The number of rotatable bonds is 5. The Morgan fingerprint density at radius 1 is 1.16 bits per heavy atom. The molecule has 0 radical (unpaired) electrons. The summed E-state index contributed by atoms with van der Waals surface area (Å²) in [7, 11) is 0. The molecule has 0 unspecified atom stereocenters. The van der Waals surface area contributed by atoms with E-state index in [-0.39, 0.29) is 0 Å². The van der Waals surface area contributed by atoms with Gasteiger partial charge in [0.15, 0.2) is 0 Å². The molecule has 0 fully saturated rings. The molecule has 0 N–H and O–H groups in total. The van der Waals surface area contributed by atoms with Crippen LogP contribution in [0.25, 0.3) is 11.0 Å². The molecule has 0 aliphatic heterocycles. The van der Waals surface area contributed by atoms with Crippen LogP contribution in [0.3, 0.4) is 0 Å². The van der Waals surface area contributed by atoms with E-state index in [0.717, 1.165) is 24.9 Å². The number of allylic oxidation sites excluding steroid dienone is 4. The molecule has 0 saturated carbocycles. The molecule has 0 saturated heterocycles. The van der Waals surface area contributed by atoms with Crippen LogP contribution in [-0.4, -0.2) is 9.55 Å². The predicted octanol–water partition coefficient (Wildman–Crippen LogP) is 4.73. The normalized spacial score (nSPS) is 11.8. The van der Waals surface area contributed by atoms with Crippen molar-refractivity contribution in [2.75, 3.05) is 0 Å². The van der Waals surface area contributed by atoms with Crippen molar-refractivity contribution in [3.63, 3.8) is 0 Å².